The number of rotatable bonds is 3. The topological polar surface area (TPSA) is 54.3 Å². The van der Waals surface area contributed by atoms with Gasteiger partial charge in [0.1, 0.15) is 5.69 Å². The molecule has 2 atom stereocenters. The van der Waals surface area contributed by atoms with Gasteiger partial charge in [0.15, 0.2) is 0 Å². The molecule has 144 valence electrons. The number of aromatic nitrogens is 3. The predicted molar refractivity (Wildman–Crippen MR) is 93.2 cm³/mol. The number of halogens is 3. The van der Waals surface area contributed by atoms with Gasteiger partial charge in [-0.25, -0.2) is 9.97 Å². The van der Waals surface area contributed by atoms with Crippen LogP contribution >= 0.6 is 0 Å². The molecule has 6 nitrogen and oxygen atoms in total. The van der Waals surface area contributed by atoms with Crippen molar-refractivity contribution in [3.05, 3.63) is 52.2 Å². The third kappa shape index (κ3) is 3.69. The van der Waals surface area contributed by atoms with E-state index in [0.717, 1.165) is 24.7 Å². The van der Waals surface area contributed by atoms with Crippen molar-refractivity contribution in [3.63, 3.8) is 0 Å². The Morgan fingerprint density at radius 3 is 2.48 bits per heavy atom. The van der Waals surface area contributed by atoms with Crippen LogP contribution in [0.25, 0.3) is 0 Å². The number of pyridine rings is 1. The van der Waals surface area contributed by atoms with Crippen molar-refractivity contribution in [2.45, 2.75) is 12.7 Å². The Balaban J connectivity index is 1.40. The van der Waals surface area contributed by atoms with Crippen LogP contribution in [0, 0.1) is 11.8 Å². The zero-order valence-corrected chi connectivity index (χ0v) is 14.9. The molecule has 27 heavy (non-hydrogen) atoms. The molecule has 2 unspecified atom stereocenters. The average Bonchev–Trinajstić information content (AvgIpc) is 3.16. The van der Waals surface area contributed by atoms with E-state index in [2.05, 4.69) is 14.9 Å². The highest BCUT2D eigenvalue weighted by Gasteiger charge is 2.41. The first kappa shape index (κ1) is 18.0. The van der Waals surface area contributed by atoms with E-state index in [-0.39, 0.29) is 11.5 Å². The van der Waals surface area contributed by atoms with E-state index in [1.165, 1.54) is 10.8 Å². The van der Waals surface area contributed by atoms with Crippen LogP contribution in [0.3, 0.4) is 0 Å². The van der Waals surface area contributed by atoms with Crippen LogP contribution in [-0.4, -0.2) is 45.6 Å². The summed E-state index contributed by atoms with van der Waals surface area (Å²) in [6.45, 7) is 3.73. The van der Waals surface area contributed by atoms with Crippen LogP contribution in [0.2, 0.25) is 0 Å². The lowest BCUT2D eigenvalue weighted by molar-refractivity contribution is -0.141. The SMILES string of the molecule is Cn1ccc(CN2CC3CN(c4nccc(C(F)(F)F)n4)CC3C2)cc1=O. The Morgan fingerprint density at radius 1 is 1.15 bits per heavy atom. The molecule has 0 aliphatic carbocycles. The van der Waals surface area contributed by atoms with Gasteiger partial charge in [-0.15, -0.1) is 0 Å². The molecule has 0 amide bonds. The number of fused-ring (bicyclic) bond motifs is 1. The summed E-state index contributed by atoms with van der Waals surface area (Å²) in [4.78, 5) is 23.6. The zero-order valence-electron chi connectivity index (χ0n) is 14.9. The number of anilines is 1. The summed E-state index contributed by atoms with van der Waals surface area (Å²) in [6.07, 6.45) is -1.53. The summed E-state index contributed by atoms with van der Waals surface area (Å²) in [6, 6.07) is 4.49. The van der Waals surface area contributed by atoms with E-state index in [0.29, 0.717) is 31.5 Å². The first-order valence-electron chi connectivity index (χ1n) is 8.83. The minimum Gasteiger partial charge on any atom is -0.340 e. The van der Waals surface area contributed by atoms with Crippen LogP contribution in [0.4, 0.5) is 19.1 Å². The fourth-order valence-electron chi connectivity index (χ4n) is 3.99. The molecular weight excluding hydrogens is 359 g/mol. The number of aryl methyl sites for hydroxylation is 1. The van der Waals surface area contributed by atoms with Crippen molar-refractivity contribution in [1.82, 2.24) is 19.4 Å². The van der Waals surface area contributed by atoms with Crippen molar-refractivity contribution in [3.8, 4) is 0 Å². The molecule has 2 saturated heterocycles. The lowest BCUT2D eigenvalue weighted by Gasteiger charge is -2.22. The molecule has 2 aliphatic rings. The van der Waals surface area contributed by atoms with Gasteiger partial charge in [0.25, 0.3) is 5.56 Å². The van der Waals surface area contributed by atoms with Crippen molar-refractivity contribution in [2.24, 2.45) is 18.9 Å². The number of alkyl halides is 3. The second kappa shape index (κ2) is 6.63. The van der Waals surface area contributed by atoms with Crippen molar-refractivity contribution in [1.29, 1.82) is 0 Å². The maximum atomic E-state index is 12.9. The summed E-state index contributed by atoms with van der Waals surface area (Å²) in [5, 5.41) is 0. The molecule has 0 spiro atoms. The van der Waals surface area contributed by atoms with E-state index in [1.807, 2.05) is 11.0 Å². The van der Waals surface area contributed by atoms with E-state index in [9.17, 15) is 18.0 Å². The minimum absolute atomic E-state index is 0.0280. The molecule has 0 bridgehead atoms. The first-order chi connectivity index (χ1) is 12.8. The van der Waals surface area contributed by atoms with Gasteiger partial charge in [-0.05, 0) is 29.5 Å². The van der Waals surface area contributed by atoms with Gasteiger partial charge in [0.2, 0.25) is 5.95 Å². The molecule has 0 saturated carbocycles. The fourth-order valence-corrected chi connectivity index (χ4v) is 3.99. The lowest BCUT2D eigenvalue weighted by Crippen LogP contribution is -2.30. The van der Waals surface area contributed by atoms with Gasteiger partial charge in [0.05, 0.1) is 0 Å². The van der Waals surface area contributed by atoms with E-state index in [1.54, 1.807) is 19.3 Å². The third-order valence-electron chi connectivity index (χ3n) is 5.35. The summed E-state index contributed by atoms with van der Waals surface area (Å²) >= 11 is 0. The van der Waals surface area contributed by atoms with Crippen LogP contribution in [-0.2, 0) is 19.8 Å². The molecule has 0 aromatic carbocycles. The van der Waals surface area contributed by atoms with E-state index < -0.39 is 11.9 Å². The molecule has 4 rings (SSSR count). The highest BCUT2D eigenvalue weighted by molar-refractivity contribution is 5.34. The maximum Gasteiger partial charge on any atom is 0.433 e. The number of nitrogens with zero attached hydrogens (tertiary/aromatic N) is 5. The highest BCUT2D eigenvalue weighted by Crippen LogP contribution is 2.34. The molecule has 4 heterocycles. The molecule has 0 radical (unpaired) electrons. The Hall–Kier alpha value is -2.42. The van der Waals surface area contributed by atoms with Crippen molar-refractivity contribution < 1.29 is 13.2 Å². The molecule has 2 aromatic rings. The van der Waals surface area contributed by atoms with Gasteiger partial charge in [-0.2, -0.15) is 13.2 Å². The Labute approximate surface area is 154 Å². The van der Waals surface area contributed by atoms with Gasteiger partial charge >= 0.3 is 6.18 Å². The monoisotopic (exact) mass is 379 g/mol. The van der Waals surface area contributed by atoms with Gasteiger partial charge in [-0.1, -0.05) is 0 Å². The normalized spacial score (nSPS) is 23.0. The van der Waals surface area contributed by atoms with Crippen molar-refractivity contribution in [2.75, 3.05) is 31.1 Å². The molecule has 2 fully saturated rings. The second-order valence-corrected chi connectivity index (χ2v) is 7.34. The highest BCUT2D eigenvalue weighted by atomic mass is 19.4. The maximum absolute atomic E-state index is 12.9. The van der Waals surface area contributed by atoms with E-state index >= 15 is 0 Å². The fraction of sp³-hybridized carbons (Fsp3) is 0.500. The molecular formula is C18H20F3N5O. The molecule has 9 heteroatoms. The Bertz CT molecular complexity index is 883. The Kier molecular flexibility index (Phi) is 4.41. The van der Waals surface area contributed by atoms with Crippen LogP contribution in [0.1, 0.15) is 11.3 Å². The number of hydrogen-bond acceptors (Lipinski definition) is 5. The van der Waals surface area contributed by atoms with Crippen LogP contribution in [0.5, 0.6) is 0 Å². The second-order valence-electron chi connectivity index (χ2n) is 7.34. The van der Waals surface area contributed by atoms with Gasteiger partial charge in [0, 0.05) is 58.2 Å². The summed E-state index contributed by atoms with van der Waals surface area (Å²) < 4.78 is 40.1. The smallest absolute Gasteiger partial charge is 0.340 e. The minimum atomic E-state index is -4.46. The Morgan fingerprint density at radius 2 is 1.85 bits per heavy atom. The number of likely N-dealkylation sites (tertiary alicyclic amines) is 1. The molecule has 0 N–H and O–H groups in total. The predicted octanol–water partition coefficient (Wildman–Crippen LogP) is 1.76. The quantitative estimate of drug-likeness (QED) is 0.814. The first-order valence-corrected chi connectivity index (χ1v) is 8.83. The molecule has 2 aromatic heterocycles. The zero-order chi connectivity index (χ0) is 19.2. The van der Waals surface area contributed by atoms with Crippen LogP contribution < -0.4 is 10.5 Å². The van der Waals surface area contributed by atoms with Gasteiger partial charge in [-0.3, -0.25) is 9.69 Å². The molecule has 2 aliphatic heterocycles. The van der Waals surface area contributed by atoms with Crippen molar-refractivity contribution >= 4 is 5.95 Å². The average molecular weight is 379 g/mol. The van der Waals surface area contributed by atoms with Gasteiger partial charge < -0.3 is 9.47 Å². The third-order valence-corrected chi connectivity index (χ3v) is 5.35. The summed E-state index contributed by atoms with van der Waals surface area (Å²) in [5.41, 5.74) is 0.0488. The largest absolute Gasteiger partial charge is 0.433 e. The number of hydrogen-bond donors (Lipinski definition) is 0. The van der Waals surface area contributed by atoms with Crippen LogP contribution in [0.15, 0.2) is 35.4 Å². The summed E-state index contributed by atoms with van der Waals surface area (Å²) in [7, 11) is 1.72. The lowest BCUT2D eigenvalue weighted by atomic mass is 10.0. The standard InChI is InChI=1S/C18H20F3N5O/c1-24-5-3-12(6-16(24)27)7-25-8-13-10-26(11-14(13)9-25)17-22-4-2-15(23-17)18(19,20)21/h2-6,13-14H,7-11H2,1H3. The summed E-state index contributed by atoms with van der Waals surface area (Å²) in [5.74, 6) is 0.890. The van der Waals surface area contributed by atoms with E-state index in [4.69, 9.17) is 0 Å².